The van der Waals surface area contributed by atoms with Crippen molar-refractivity contribution < 1.29 is 13.6 Å². The van der Waals surface area contributed by atoms with Gasteiger partial charge in [0.2, 0.25) is 5.91 Å². The minimum absolute atomic E-state index is 0.0449. The summed E-state index contributed by atoms with van der Waals surface area (Å²) in [6.07, 6.45) is 2.87. The van der Waals surface area contributed by atoms with Gasteiger partial charge in [0.05, 0.1) is 6.07 Å². The van der Waals surface area contributed by atoms with Gasteiger partial charge < -0.3 is 4.90 Å². The second-order valence-corrected chi connectivity index (χ2v) is 3.89. The fraction of sp³-hybridized carbons (Fsp3) is 0.286. The monoisotopic (exact) mass is 264 g/mol. The molecule has 5 heteroatoms. The van der Waals surface area contributed by atoms with E-state index in [1.165, 1.54) is 11.0 Å². The molecule has 0 aromatic heterocycles. The summed E-state index contributed by atoms with van der Waals surface area (Å²) < 4.78 is 26.7. The normalized spacial score (nSPS) is 10.4. The maximum Gasteiger partial charge on any atom is 0.247 e. The Bertz CT molecular complexity index is 500. The van der Waals surface area contributed by atoms with Gasteiger partial charge in [-0.15, -0.1) is 0 Å². The number of carbonyl (C=O) groups is 1. The largest absolute Gasteiger partial charge is 0.326 e. The standard InChI is InChI=1S/C14H14F2N2O/c1-2-9-18(10-8-17)14(19)7-6-11-12(15)4-3-5-13(11)16/h3-7H,2,9-10H2,1H3. The molecule has 1 aromatic rings. The molecule has 1 aromatic carbocycles. The van der Waals surface area contributed by atoms with E-state index in [0.717, 1.165) is 24.3 Å². The van der Waals surface area contributed by atoms with Crippen molar-refractivity contribution in [1.82, 2.24) is 4.90 Å². The van der Waals surface area contributed by atoms with Crippen LogP contribution < -0.4 is 0 Å². The minimum Gasteiger partial charge on any atom is -0.326 e. The van der Waals surface area contributed by atoms with Crippen LogP contribution in [0.5, 0.6) is 0 Å². The average molecular weight is 264 g/mol. The molecule has 0 N–H and O–H groups in total. The van der Waals surface area contributed by atoms with Gasteiger partial charge in [0, 0.05) is 18.2 Å². The zero-order chi connectivity index (χ0) is 14.3. The number of amides is 1. The Morgan fingerprint density at radius 2 is 2.05 bits per heavy atom. The number of carbonyl (C=O) groups excluding carboxylic acids is 1. The molecule has 0 aliphatic rings. The minimum atomic E-state index is -0.730. The highest BCUT2D eigenvalue weighted by molar-refractivity contribution is 5.92. The summed E-state index contributed by atoms with van der Waals surface area (Å²) in [5.41, 5.74) is -0.260. The van der Waals surface area contributed by atoms with Crippen LogP contribution in [0.1, 0.15) is 18.9 Å². The van der Waals surface area contributed by atoms with Crippen molar-refractivity contribution in [1.29, 1.82) is 5.26 Å². The van der Waals surface area contributed by atoms with E-state index in [2.05, 4.69) is 0 Å². The molecule has 0 saturated heterocycles. The number of rotatable bonds is 5. The third-order valence-electron chi connectivity index (χ3n) is 2.46. The first-order chi connectivity index (χ1) is 9.10. The molecule has 0 spiro atoms. The fourth-order valence-electron chi connectivity index (χ4n) is 1.55. The number of nitrogens with zero attached hydrogens (tertiary/aromatic N) is 2. The van der Waals surface area contributed by atoms with E-state index in [4.69, 9.17) is 5.26 Å². The fourth-order valence-corrected chi connectivity index (χ4v) is 1.55. The van der Waals surface area contributed by atoms with E-state index in [1.54, 1.807) is 0 Å². The van der Waals surface area contributed by atoms with Gasteiger partial charge in [0.15, 0.2) is 0 Å². The Balaban J connectivity index is 2.85. The summed E-state index contributed by atoms with van der Waals surface area (Å²) in [5.74, 6) is -1.90. The molecule has 0 aliphatic carbocycles. The first kappa shape index (κ1) is 14.8. The van der Waals surface area contributed by atoms with Crippen molar-refractivity contribution in [2.45, 2.75) is 13.3 Å². The van der Waals surface area contributed by atoms with E-state index in [0.29, 0.717) is 13.0 Å². The zero-order valence-corrected chi connectivity index (χ0v) is 10.6. The Morgan fingerprint density at radius 1 is 1.42 bits per heavy atom. The van der Waals surface area contributed by atoms with Crippen LogP contribution in [0, 0.1) is 23.0 Å². The van der Waals surface area contributed by atoms with Gasteiger partial charge >= 0.3 is 0 Å². The molecule has 0 aliphatic heterocycles. The molecule has 0 bridgehead atoms. The molecule has 100 valence electrons. The van der Waals surface area contributed by atoms with Crippen LogP contribution in [-0.2, 0) is 4.79 Å². The van der Waals surface area contributed by atoms with Gasteiger partial charge in [0.1, 0.15) is 18.2 Å². The Labute approximate surface area is 110 Å². The van der Waals surface area contributed by atoms with Gasteiger partial charge in [-0.3, -0.25) is 4.79 Å². The van der Waals surface area contributed by atoms with Crippen molar-refractivity contribution in [2.24, 2.45) is 0 Å². The van der Waals surface area contributed by atoms with Crippen LogP contribution in [-0.4, -0.2) is 23.9 Å². The van der Waals surface area contributed by atoms with E-state index >= 15 is 0 Å². The summed E-state index contributed by atoms with van der Waals surface area (Å²) in [5, 5.41) is 8.60. The van der Waals surface area contributed by atoms with Crippen molar-refractivity contribution >= 4 is 12.0 Å². The lowest BCUT2D eigenvalue weighted by atomic mass is 10.2. The van der Waals surface area contributed by atoms with Crippen LogP contribution in [0.15, 0.2) is 24.3 Å². The van der Waals surface area contributed by atoms with Crippen molar-refractivity contribution in [3.8, 4) is 6.07 Å². The number of benzene rings is 1. The molecule has 0 atom stereocenters. The first-order valence-electron chi connectivity index (χ1n) is 5.88. The van der Waals surface area contributed by atoms with Crippen molar-refractivity contribution in [3.63, 3.8) is 0 Å². The molecule has 1 amide bonds. The summed E-state index contributed by atoms with van der Waals surface area (Å²) in [7, 11) is 0. The smallest absolute Gasteiger partial charge is 0.247 e. The lowest BCUT2D eigenvalue weighted by molar-refractivity contribution is -0.125. The maximum absolute atomic E-state index is 13.3. The second kappa shape index (κ2) is 7.27. The third kappa shape index (κ3) is 4.18. The molecule has 0 fully saturated rings. The molecular weight excluding hydrogens is 250 g/mol. The Kier molecular flexibility index (Phi) is 5.68. The molecule has 0 unspecified atom stereocenters. The molecule has 0 radical (unpaired) electrons. The van der Waals surface area contributed by atoms with E-state index in [9.17, 15) is 13.6 Å². The molecule has 0 saturated carbocycles. The second-order valence-electron chi connectivity index (χ2n) is 3.89. The van der Waals surface area contributed by atoms with Gasteiger partial charge in [-0.25, -0.2) is 8.78 Å². The van der Waals surface area contributed by atoms with E-state index in [-0.39, 0.29) is 12.1 Å². The van der Waals surface area contributed by atoms with Crippen molar-refractivity contribution in [2.75, 3.05) is 13.1 Å². The van der Waals surface area contributed by atoms with Gasteiger partial charge in [-0.2, -0.15) is 5.26 Å². The molecule has 1 rings (SSSR count). The van der Waals surface area contributed by atoms with Crippen LogP contribution >= 0.6 is 0 Å². The lowest BCUT2D eigenvalue weighted by Crippen LogP contribution is -2.30. The summed E-state index contributed by atoms with van der Waals surface area (Å²) in [4.78, 5) is 13.1. The summed E-state index contributed by atoms with van der Waals surface area (Å²) in [6.45, 7) is 2.26. The third-order valence-corrected chi connectivity index (χ3v) is 2.46. The maximum atomic E-state index is 13.3. The molecular formula is C14H14F2N2O. The number of hydrogen-bond acceptors (Lipinski definition) is 2. The number of halogens is 2. The van der Waals surface area contributed by atoms with Crippen LogP contribution in [0.4, 0.5) is 8.78 Å². The highest BCUT2D eigenvalue weighted by Gasteiger charge is 2.10. The molecule has 0 heterocycles. The topological polar surface area (TPSA) is 44.1 Å². The van der Waals surface area contributed by atoms with Gasteiger partial charge in [-0.1, -0.05) is 13.0 Å². The molecule has 3 nitrogen and oxygen atoms in total. The summed E-state index contributed by atoms with van der Waals surface area (Å²) >= 11 is 0. The first-order valence-corrected chi connectivity index (χ1v) is 5.88. The highest BCUT2D eigenvalue weighted by Crippen LogP contribution is 2.13. The average Bonchev–Trinajstić information content (AvgIpc) is 2.37. The van der Waals surface area contributed by atoms with Crippen molar-refractivity contribution in [3.05, 3.63) is 41.5 Å². The zero-order valence-electron chi connectivity index (χ0n) is 10.6. The lowest BCUT2D eigenvalue weighted by Gasteiger charge is -2.16. The Morgan fingerprint density at radius 3 is 2.58 bits per heavy atom. The summed E-state index contributed by atoms with van der Waals surface area (Å²) in [6, 6.07) is 5.37. The predicted molar refractivity (Wildman–Crippen MR) is 67.9 cm³/mol. The number of nitriles is 1. The van der Waals surface area contributed by atoms with E-state index in [1.807, 2.05) is 13.0 Å². The predicted octanol–water partition coefficient (Wildman–Crippen LogP) is 2.74. The molecule has 19 heavy (non-hydrogen) atoms. The van der Waals surface area contributed by atoms with Crippen LogP contribution in [0.2, 0.25) is 0 Å². The van der Waals surface area contributed by atoms with E-state index < -0.39 is 17.5 Å². The highest BCUT2D eigenvalue weighted by atomic mass is 19.1. The van der Waals surface area contributed by atoms with Gasteiger partial charge in [0.25, 0.3) is 0 Å². The van der Waals surface area contributed by atoms with Crippen LogP contribution in [0.25, 0.3) is 6.08 Å². The van der Waals surface area contributed by atoms with Gasteiger partial charge in [-0.05, 0) is 24.6 Å². The SMILES string of the molecule is CCCN(CC#N)C(=O)C=Cc1c(F)cccc1F. The Hall–Kier alpha value is -2.22. The quantitative estimate of drug-likeness (QED) is 0.606. The number of hydrogen-bond donors (Lipinski definition) is 0. The van der Waals surface area contributed by atoms with Crippen LogP contribution in [0.3, 0.4) is 0 Å².